The summed E-state index contributed by atoms with van der Waals surface area (Å²) in [5.41, 5.74) is -0.723. The maximum atomic E-state index is 10.1. The molecule has 0 aliphatic carbocycles. The zero-order valence-electron chi connectivity index (χ0n) is 14.6. The van der Waals surface area contributed by atoms with Crippen molar-refractivity contribution in [1.82, 2.24) is 5.06 Å². The van der Waals surface area contributed by atoms with E-state index in [9.17, 15) is 5.11 Å². The van der Waals surface area contributed by atoms with Crippen LogP contribution in [0.15, 0.2) is 0 Å². The summed E-state index contributed by atoms with van der Waals surface area (Å²) in [5.74, 6) is 0. The topological polar surface area (TPSA) is 56.5 Å². The first-order chi connectivity index (χ1) is 9.62. The minimum atomic E-state index is -0.286. The maximum Gasteiger partial charge on any atom is 0.0904 e. The number of aliphatic hydroxyl groups excluding tert-OH is 1. The van der Waals surface area contributed by atoms with Crippen LogP contribution in [0.1, 0.15) is 80.1 Å². The third-order valence-electron chi connectivity index (χ3n) is 4.84. The fourth-order valence-corrected chi connectivity index (χ4v) is 3.71. The Labute approximate surface area is 130 Å². The average molecular weight is 296 g/mol. The SMILES string of the molecule is CCC(CC)(CCC#N)ON1C(C)(C)CC(O)CC1(C)C. The van der Waals surface area contributed by atoms with E-state index >= 15 is 0 Å². The number of rotatable bonds is 6. The molecule has 21 heavy (non-hydrogen) atoms. The minimum Gasteiger partial charge on any atom is -0.393 e. The van der Waals surface area contributed by atoms with Crippen molar-refractivity contribution in [1.29, 1.82) is 5.26 Å². The molecule has 0 unspecified atom stereocenters. The summed E-state index contributed by atoms with van der Waals surface area (Å²) in [6.45, 7) is 12.7. The fourth-order valence-electron chi connectivity index (χ4n) is 3.71. The zero-order chi connectivity index (χ0) is 16.3. The van der Waals surface area contributed by atoms with Gasteiger partial charge in [0.15, 0.2) is 0 Å². The summed E-state index contributed by atoms with van der Waals surface area (Å²) in [6, 6.07) is 2.24. The largest absolute Gasteiger partial charge is 0.393 e. The summed E-state index contributed by atoms with van der Waals surface area (Å²) in [4.78, 5) is 6.53. The summed E-state index contributed by atoms with van der Waals surface area (Å²) in [6.07, 6.45) is 4.16. The number of hydrogen-bond donors (Lipinski definition) is 1. The van der Waals surface area contributed by atoms with Gasteiger partial charge in [-0.3, -0.25) is 4.84 Å². The Morgan fingerprint density at radius 3 is 2.05 bits per heavy atom. The highest BCUT2D eigenvalue weighted by Gasteiger charge is 2.48. The fraction of sp³-hybridized carbons (Fsp3) is 0.941. The molecule has 1 N–H and O–H groups in total. The van der Waals surface area contributed by atoms with Gasteiger partial charge in [0, 0.05) is 17.5 Å². The molecule has 0 bridgehead atoms. The Morgan fingerprint density at radius 1 is 1.19 bits per heavy atom. The molecule has 122 valence electrons. The molecule has 0 radical (unpaired) electrons. The zero-order valence-corrected chi connectivity index (χ0v) is 14.6. The van der Waals surface area contributed by atoms with Gasteiger partial charge in [-0.2, -0.15) is 10.3 Å². The molecular formula is C17H32N2O2. The first kappa shape index (κ1) is 18.4. The van der Waals surface area contributed by atoms with Crippen molar-refractivity contribution in [3.05, 3.63) is 0 Å². The second-order valence-corrected chi connectivity index (χ2v) is 7.62. The molecule has 1 saturated heterocycles. The van der Waals surface area contributed by atoms with Gasteiger partial charge in [0.05, 0.1) is 17.8 Å². The molecule has 0 spiro atoms. The van der Waals surface area contributed by atoms with Crippen LogP contribution >= 0.6 is 0 Å². The van der Waals surface area contributed by atoms with E-state index < -0.39 is 0 Å². The molecule has 4 heteroatoms. The van der Waals surface area contributed by atoms with E-state index in [1.165, 1.54) is 0 Å². The Hall–Kier alpha value is -0.630. The molecule has 1 rings (SSSR count). The third-order valence-corrected chi connectivity index (χ3v) is 4.84. The smallest absolute Gasteiger partial charge is 0.0904 e. The van der Waals surface area contributed by atoms with E-state index in [2.05, 4.69) is 52.7 Å². The lowest BCUT2D eigenvalue weighted by Crippen LogP contribution is -2.63. The molecule has 0 aromatic rings. The molecule has 0 saturated carbocycles. The summed E-state index contributed by atoms with van der Waals surface area (Å²) in [5, 5.41) is 21.1. The van der Waals surface area contributed by atoms with Crippen LogP contribution in [0.5, 0.6) is 0 Å². The maximum absolute atomic E-state index is 10.1. The molecule has 0 aromatic carbocycles. The van der Waals surface area contributed by atoms with E-state index in [4.69, 9.17) is 10.1 Å². The van der Waals surface area contributed by atoms with E-state index in [1.54, 1.807) is 0 Å². The molecule has 1 fully saturated rings. The molecule has 1 heterocycles. The number of nitrogens with zero attached hydrogens (tertiary/aromatic N) is 2. The number of piperidine rings is 1. The van der Waals surface area contributed by atoms with Crippen LogP contribution in [0.3, 0.4) is 0 Å². The van der Waals surface area contributed by atoms with Gasteiger partial charge in [0.1, 0.15) is 0 Å². The van der Waals surface area contributed by atoms with Gasteiger partial charge in [-0.1, -0.05) is 13.8 Å². The van der Waals surface area contributed by atoms with Crippen molar-refractivity contribution in [3.63, 3.8) is 0 Å². The van der Waals surface area contributed by atoms with Gasteiger partial charge in [0.25, 0.3) is 0 Å². The molecule has 1 aliphatic heterocycles. The lowest BCUT2D eigenvalue weighted by Gasteiger charge is -2.55. The highest BCUT2D eigenvalue weighted by atomic mass is 16.7. The highest BCUT2D eigenvalue weighted by molar-refractivity contribution is 4.98. The van der Waals surface area contributed by atoms with E-state index in [0.717, 1.165) is 19.3 Å². The Morgan fingerprint density at radius 2 is 1.67 bits per heavy atom. The van der Waals surface area contributed by atoms with Crippen LogP contribution in [-0.4, -0.2) is 33.0 Å². The molecule has 0 aromatic heterocycles. The van der Waals surface area contributed by atoms with Crippen LogP contribution < -0.4 is 0 Å². The van der Waals surface area contributed by atoms with Crippen LogP contribution in [-0.2, 0) is 4.84 Å². The van der Waals surface area contributed by atoms with Crippen molar-refractivity contribution in [2.45, 2.75) is 103 Å². The van der Waals surface area contributed by atoms with Crippen LogP contribution in [0.25, 0.3) is 0 Å². The quantitative estimate of drug-likeness (QED) is 0.810. The lowest BCUT2D eigenvalue weighted by atomic mass is 9.80. The number of hydrogen-bond acceptors (Lipinski definition) is 4. The van der Waals surface area contributed by atoms with E-state index in [1.807, 2.05) is 0 Å². The molecule has 4 nitrogen and oxygen atoms in total. The Bertz CT molecular complexity index is 363. The predicted molar refractivity (Wildman–Crippen MR) is 84.5 cm³/mol. The van der Waals surface area contributed by atoms with Crippen LogP contribution in [0, 0.1) is 11.3 Å². The van der Waals surface area contributed by atoms with Crippen molar-refractivity contribution >= 4 is 0 Å². The van der Waals surface area contributed by atoms with E-state index in [0.29, 0.717) is 19.3 Å². The van der Waals surface area contributed by atoms with E-state index in [-0.39, 0.29) is 22.8 Å². The Balaban J connectivity index is 3.02. The van der Waals surface area contributed by atoms with Crippen molar-refractivity contribution in [2.24, 2.45) is 0 Å². The van der Waals surface area contributed by atoms with Crippen LogP contribution in [0.2, 0.25) is 0 Å². The highest BCUT2D eigenvalue weighted by Crippen LogP contribution is 2.42. The average Bonchev–Trinajstić information content (AvgIpc) is 2.36. The normalized spacial score (nSPS) is 23.0. The second-order valence-electron chi connectivity index (χ2n) is 7.62. The standard InChI is InChI=1S/C17H32N2O2/c1-7-17(8-2,10-9-11-18)21-19-15(3,4)12-14(20)13-16(19,5)6/h14,20H,7-10,12-13H2,1-6H3. The van der Waals surface area contributed by atoms with Gasteiger partial charge >= 0.3 is 0 Å². The van der Waals surface area contributed by atoms with Gasteiger partial charge in [-0.15, -0.1) is 0 Å². The van der Waals surface area contributed by atoms with Gasteiger partial charge in [-0.25, -0.2) is 0 Å². The van der Waals surface area contributed by atoms with Gasteiger partial charge < -0.3 is 5.11 Å². The predicted octanol–water partition coefficient (Wildman–Crippen LogP) is 3.79. The summed E-state index contributed by atoms with van der Waals surface area (Å²) < 4.78 is 0. The summed E-state index contributed by atoms with van der Waals surface area (Å²) in [7, 11) is 0. The third kappa shape index (κ3) is 4.18. The lowest BCUT2D eigenvalue weighted by molar-refractivity contribution is -0.346. The number of hydroxylamine groups is 2. The first-order valence-electron chi connectivity index (χ1n) is 8.17. The number of aliphatic hydroxyl groups is 1. The molecule has 1 aliphatic rings. The molecule has 0 atom stereocenters. The first-order valence-corrected chi connectivity index (χ1v) is 8.17. The molecular weight excluding hydrogens is 264 g/mol. The van der Waals surface area contributed by atoms with Crippen molar-refractivity contribution in [3.8, 4) is 6.07 Å². The van der Waals surface area contributed by atoms with Gasteiger partial charge in [0.2, 0.25) is 0 Å². The Kier molecular flexibility index (Phi) is 5.83. The monoisotopic (exact) mass is 296 g/mol. The number of nitriles is 1. The molecule has 0 amide bonds. The van der Waals surface area contributed by atoms with Crippen LogP contribution in [0.4, 0.5) is 0 Å². The second kappa shape index (κ2) is 6.64. The van der Waals surface area contributed by atoms with Crippen molar-refractivity contribution in [2.75, 3.05) is 0 Å². The minimum absolute atomic E-state index is 0.219. The van der Waals surface area contributed by atoms with Crippen molar-refractivity contribution < 1.29 is 9.94 Å². The summed E-state index contributed by atoms with van der Waals surface area (Å²) >= 11 is 0. The van der Waals surface area contributed by atoms with Gasteiger partial charge in [-0.05, 0) is 59.8 Å².